The highest BCUT2D eigenvalue weighted by molar-refractivity contribution is 5.88. The van der Waals surface area contributed by atoms with Gasteiger partial charge in [0.15, 0.2) is 0 Å². The van der Waals surface area contributed by atoms with Crippen molar-refractivity contribution in [3.05, 3.63) is 60.7 Å². The zero-order valence-electron chi connectivity index (χ0n) is 17.1. The summed E-state index contributed by atoms with van der Waals surface area (Å²) < 4.78 is 41.0. The van der Waals surface area contributed by atoms with Gasteiger partial charge in [-0.15, -0.1) is 0 Å². The maximum atomic E-state index is 13.0. The number of nitrogen functional groups attached to an aromatic ring is 1. The average Bonchev–Trinajstić information content (AvgIpc) is 3.29. The molecule has 0 unspecified atom stereocenters. The van der Waals surface area contributed by atoms with Gasteiger partial charge < -0.3 is 11.1 Å². The molecule has 0 aliphatic carbocycles. The summed E-state index contributed by atoms with van der Waals surface area (Å²) in [4.78, 5) is 8.68. The van der Waals surface area contributed by atoms with E-state index in [4.69, 9.17) is 5.73 Å². The van der Waals surface area contributed by atoms with Crippen molar-refractivity contribution in [3.8, 4) is 22.4 Å². The number of anilines is 1. The molecule has 1 fully saturated rings. The summed E-state index contributed by atoms with van der Waals surface area (Å²) in [6, 6.07) is 7.60. The molecule has 1 aliphatic heterocycles. The molecule has 164 valence electrons. The number of fused-ring (bicyclic) bond motifs is 1. The van der Waals surface area contributed by atoms with Gasteiger partial charge in [0.2, 0.25) is 0 Å². The topological polar surface area (TPSA) is 81.6 Å². The third-order valence-corrected chi connectivity index (χ3v) is 5.86. The number of alkyl halides is 3. The molecule has 0 radical (unpaired) electrons. The number of halogens is 3. The standard InChI is InChI=1S/C23H21F3N6/c24-23(25,26)18-2-1-14-9-21(29-10-15(14)7-18)20-8-16(11-30-22(20)27)17-12-31-32(13-17)19-3-5-28-6-4-19/h1-2,7-13,19,28H,3-6H2,(H2,27,30). The molecular weight excluding hydrogens is 417 g/mol. The van der Waals surface area contributed by atoms with E-state index in [0.29, 0.717) is 33.9 Å². The Morgan fingerprint density at radius 1 is 0.938 bits per heavy atom. The van der Waals surface area contributed by atoms with Crippen LogP contribution in [-0.2, 0) is 6.18 Å². The molecule has 0 spiro atoms. The molecule has 3 N–H and O–H groups in total. The lowest BCUT2D eigenvalue weighted by atomic mass is 10.0. The third kappa shape index (κ3) is 3.91. The van der Waals surface area contributed by atoms with Crippen LogP contribution >= 0.6 is 0 Å². The van der Waals surface area contributed by atoms with Crippen LogP contribution in [0.4, 0.5) is 19.0 Å². The second-order valence-corrected chi connectivity index (χ2v) is 7.98. The van der Waals surface area contributed by atoms with E-state index in [0.717, 1.165) is 49.2 Å². The maximum absolute atomic E-state index is 13.0. The first-order valence-corrected chi connectivity index (χ1v) is 10.4. The van der Waals surface area contributed by atoms with Gasteiger partial charge in [-0.25, -0.2) is 4.98 Å². The minimum atomic E-state index is -4.39. The number of nitrogens with zero attached hydrogens (tertiary/aromatic N) is 4. The number of hydrogen-bond donors (Lipinski definition) is 2. The van der Waals surface area contributed by atoms with Crippen LogP contribution in [0.5, 0.6) is 0 Å². The number of pyridine rings is 2. The van der Waals surface area contributed by atoms with Crippen molar-refractivity contribution >= 4 is 16.6 Å². The van der Waals surface area contributed by atoms with Crippen LogP contribution in [0.15, 0.2) is 55.1 Å². The maximum Gasteiger partial charge on any atom is 0.416 e. The van der Waals surface area contributed by atoms with Gasteiger partial charge in [-0.05, 0) is 55.6 Å². The van der Waals surface area contributed by atoms with Gasteiger partial charge in [-0.3, -0.25) is 9.67 Å². The first-order valence-electron chi connectivity index (χ1n) is 10.4. The largest absolute Gasteiger partial charge is 0.416 e. The quantitative estimate of drug-likeness (QED) is 0.485. The van der Waals surface area contributed by atoms with E-state index < -0.39 is 11.7 Å². The molecular formula is C23H21F3N6. The number of piperidine rings is 1. The second kappa shape index (κ2) is 7.90. The molecule has 4 heterocycles. The lowest BCUT2D eigenvalue weighted by Gasteiger charge is -2.22. The fourth-order valence-electron chi connectivity index (χ4n) is 4.06. The number of rotatable bonds is 3. The SMILES string of the molecule is Nc1ncc(-c2cnn(C3CCNCC3)c2)cc1-c1cc2ccc(C(F)(F)F)cc2cn1. The van der Waals surface area contributed by atoms with Crippen LogP contribution in [0, 0.1) is 0 Å². The summed E-state index contributed by atoms with van der Waals surface area (Å²) in [6.45, 7) is 1.96. The van der Waals surface area contributed by atoms with Crippen LogP contribution in [0.3, 0.4) is 0 Å². The van der Waals surface area contributed by atoms with Crippen LogP contribution in [0.25, 0.3) is 33.2 Å². The lowest BCUT2D eigenvalue weighted by molar-refractivity contribution is -0.137. The molecule has 6 nitrogen and oxygen atoms in total. The van der Waals surface area contributed by atoms with Crippen molar-refractivity contribution in [1.82, 2.24) is 25.1 Å². The Labute approximate surface area is 182 Å². The lowest BCUT2D eigenvalue weighted by Crippen LogP contribution is -2.29. The minimum Gasteiger partial charge on any atom is -0.383 e. The van der Waals surface area contributed by atoms with Crippen LogP contribution in [0.1, 0.15) is 24.4 Å². The zero-order valence-corrected chi connectivity index (χ0v) is 17.1. The first kappa shape index (κ1) is 20.4. The zero-order chi connectivity index (χ0) is 22.3. The van der Waals surface area contributed by atoms with Gasteiger partial charge >= 0.3 is 6.18 Å². The molecule has 1 aromatic carbocycles. The molecule has 0 bridgehead atoms. The van der Waals surface area contributed by atoms with Crippen molar-refractivity contribution in [2.24, 2.45) is 0 Å². The van der Waals surface area contributed by atoms with Gasteiger partial charge in [-0.2, -0.15) is 18.3 Å². The number of nitrogens with two attached hydrogens (primary N) is 1. The Balaban J connectivity index is 1.48. The molecule has 5 rings (SSSR count). The summed E-state index contributed by atoms with van der Waals surface area (Å²) in [5.41, 5.74) is 8.37. The monoisotopic (exact) mass is 438 g/mol. The second-order valence-electron chi connectivity index (χ2n) is 7.98. The summed E-state index contributed by atoms with van der Waals surface area (Å²) in [6.07, 6.45) is 4.62. The normalized spacial score (nSPS) is 15.3. The molecule has 0 saturated carbocycles. The van der Waals surface area contributed by atoms with Crippen molar-refractivity contribution in [2.45, 2.75) is 25.1 Å². The number of aromatic nitrogens is 4. The number of hydrogen-bond acceptors (Lipinski definition) is 5. The summed E-state index contributed by atoms with van der Waals surface area (Å²) in [5.74, 6) is 0.304. The molecule has 0 atom stereocenters. The molecule has 1 aliphatic rings. The van der Waals surface area contributed by atoms with Gasteiger partial charge in [0, 0.05) is 40.7 Å². The van der Waals surface area contributed by atoms with E-state index in [9.17, 15) is 13.2 Å². The number of nitrogens with one attached hydrogen (secondary N) is 1. The Kier molecular flexibility index (Phi) is 5.05. The highest BCUT2D eigenvalue weighted by Crippen LogP contribution is 2.34. The highest BCUT2D eigenvalue weighted by atomic mass is 19.4. The van der Waals surface area contributed by atoms with Crippen LogP contribution < -0.4 is 11.1 Å². The number of benzene rings is 1. The molecule has 9 heteroatoms. The van der Waals surface area contributed by atoms with E-state index in [1.54, 1.807) is 12.3 Å². The highest BCUT2D eigenvalue weighted by Gasteiger charge is 2.30. The van der Waals surface area contributed by atoms with Gasteiger partial charge in [0.1, 0.15) is 5.82 Å². The third-order valence-electron chi connectivity index (χ3n) is 5.86. The Bertz CT molecular complexity index is 1270. The van der Waals surface area contributed by atoms with Crippen LogP contribution in [-0.4, -0.2) is 32.8 Å². The van der Waals surface area contributed by atoms with Crippen LogP contribution in [0.2, 0.25) is 0 Å². The van der Waals surface area contributed by atoms with Crippen molar-refractivity contribution in [3.63, 3.8) is 0 Å². The van der Waals surface area contributed by atoms with E-state index in [-0.39, 0.29) is 0 Å². The summed E-state index contributed by atoms with van der Waals surface area (Å²) in [5, 5.41) is 8.94. The predicted molar refractivity (Wildman–Crippen MR) is 117 cm³/mol. The average molecular weight is 438 g/mol. The Morgan fingerprint density at radius 3 is 2.53 bits per heavy atom. The first-order chi connectivity index (χ1) is 15.4. The van der Waals surface area contributed by atoms with Gasteiger partial charge in [0.05, 0.1) is 23.5 Å². The van der Waals surface area contributed by atoms with E-state index >= 15 is 0 Å². The van der Waals surface area contributed by atoms with E-state index in [1.807, 2.05) is 23.1 Å². The summed E-state index contributed by atoms with van der Waals surface area (Å²) >= 11 is 0. The molecule has 32 heavy (non-hydrogen) atoms. The van der Waals surface area contributed by atoms with E-state index in [2.05, 4.69) is 20.4 Å². The summed E-state index contributed by atoms with van der Waals surface area (Å²) in [7, 11) is 0. The molecule has 0 amide bonds. The molecule has 4 aromatic rings. The van der Waals surface area contributed by atoms with Gasteiger partial charge in [-0.1, -0.05) is 6.07 Å². The predicted octanol–water partition coefficient (Wildman–Crippen LogP) is 4.69. The van der Waals surface area contributed by atoms with Crippen molar-refractivity contribution in [2.75, 3.05) is 18.8 Å². The Hall–Kier alpha value is -3.46. The van der Waals surface area contributed by atoms with E-state index in [1.165, 1.54) is 12.3 Å². The molecule has 1 saturated heterocycles. The Morgan fingerprint density at radius 2 is 1.75 bits per heavy atom. The molecule has 3 aromatic heterocycles. The minimum absolute atomic E-state index is 0.304. The van der Waals surface area contributed by atoms with Crippen molar-refractivity contribution in [1.29, 1.82) is 0 Å². The smallest absolute Gasteiger partial charge is 0.383 e. The fraction of sp³-hybridized carbons (Fsp3) is 0.261. The fourth-order valence-corrected chi connectivity index (χ4v) is 4.06. The van der Waals surface area contributed by atoms with Gasteiger partial charge in [0.25, 0.3) is 0 Å². The van der Waals surface area contributed by atoms with Crippen molar-refractivity contribution < 1.29 is 13.2 Å².